The first-order valence-corrected chi connectivity index (χ1v) is 11.0. The van der Waals surface area contributed by atoms with Crippen molar-refractivity contribution in [1.29, 1.82) is 0 Å². The number of aromatic nitrogens is 2. The van der Waals surface area contributed by atoms with Crippen LogP contribution in [0, 0.1) is 11.7 Å². The summed E-state index contributed by atoms with van der Waals surface area (Å²) in [5.41, 5.74) is 0.960. The summed E-state index contributed by atoms with van der Waals surface area (Å²) >= 11 is 2.99. The minimum atomic E-state index is -0.393. The van der Waals surface area contributed by atoms with Crippen LogP contribution >= 0.6 is 23.1 Å². The number of amides is 2. The molecule has 1 aliphatic rings. The van der Waals surface area contributed by atoms with Gasteiger partial charge in [0.05, 0.1) is 5.92 Å². The molecule has 2 aromatic rings. The van der Waals surface area contributed by atoms with Gasteiger partial charge in [-0.3, -0.25) is 9.59 Å². The molecule has 150 valence electrons. The molecule has 1 saturated heterocycles. The lowest BCUT2D eigenvalue weighted by Crippen LogP contribution is -2.30. The zero-order chi connectivity index (χ0) is 20.1. The molecular weight excluding hydrogens is 399 g/mol. The van der Waals surface area contributed by atoms with Gasteiger partial charge in [-0.25, -0.2) is 4.39 Å². The largest absolute Gasteiger partial charge is 0.342 e. The molecule has 2 amide bonds. The SMILES string of the molecule is CC[C@H](C)Sc1nnc(NC(=O)[C@H]2CC(=O)N(CCc3ccc(F)cc3)C2)s1. The summed E-state index contributed by atoms with van der Waals surface area (Å²) in [6.45, 7) is 5.14. The van der Waals surface area contributed by atoms with E-state index in [1.54, 1.807) is 28.8 Å². The number of carbonyl (C=O) groups is 2. The van der Waals surface area contributed by atoms with Gasteiger partial charge < -0.3 is 10.2 Å². The monoisotopic (exact) mass is 422 g/mol. The number of hydrogen-bond acceptors (Lipinski definition) is 6. The van der Waals surface area contributed by atoms with E-state index in [-0.39, 0.29) is 24.1 Å². The van der Waals surface area contributed by atoms with Crippen molar-refractivity contribution in [2.45, 2.75) is 42.7 Å². The first kappa shape index (κ1) is 20.7. The van der Waals surface area contributed by atoms with Gasteiger partial charge in [-0.2, -0.15) is 0 Å². The van der Waals surface area contributed by atoms with Gasteiger partial charge in [0.2, 0.25) is 16.9 Å². The van der Waals surface area contributed by atoms with Crippen molar-refractivity contribution >= 4 is 40.0 Å². The fraction of sp³-hybridized carbons (Fsp3) is 0.474. The molecular formula is C19H23FN4O2S2. The van der Waals surface area contributed by atoms with Crippen LogP contribution in [-0.2, 0) is 16.0 Å². The molecule has 1 aromatic heterocycles. The highest BCUT2D eigenvalue weighted by atomic mass is 32.2. The maximum absolute atomic E-state index is 13.0. The maximum Gasteiger partial charge on any atom is 0.231 e. The molecule has 0 spiro atoms. The third-order valence-corrected chi connectivity index (χ3v) is 6.87. The van der Waals surface area contributed by atoms with Gasteiger partial charge in [0, 0.05) is 24.8 Å². The van der Waals surface area contributed by atoms with Crippen LogP contribution in [0.1, 0.15) is 32.3 Å². The summed E-state index contributed by atoms with van der Waals surface area (Å²) in [6.07, 6.45) is 1.86. The Bertz CT molecular complexity index is 828. The van der Waals surface area contributed by atoms with Crippen LogP contribution in [0.4, 0.5) is 9.52 Å². The summed E-state index contributed by atoms with van der Waals surface area (Å²) in [7, 11) is 0. The third kappa shape index (κ3) is 5.51. The minimum Gasteiger partial charge on any atom is -0.342 e. The summed E-state index contributed by atoms with van der Waals surface area (Å²) < 4.78 is 13.8. The van der Waals surface area contributed by atoms with Crippen LogP contribution in [0.15, 0.2) is 28.6 Å². The molecule has 3 rings (SSSR count). The van der Waals surface area contributed by atoms with Crippen molar-refractivity contribution < 1.29 is 14.0 Å². The van der Waals surface area contributed by atoms with Crippen molar-refractivity contribution in [1.82, 2.24) is 15.1 Å². The highest BCUT2D eigenvalue weighted by Gasteiger charge is 2.34. The molecule has 1 aliphatic heterocycles. The first-order valence-electron chi connectivity index (χ1n) is 9.27. The fourth-order valence-corrected chi connectivity index (χ4v) is 4.85. The summed E-state index contributed by atoms with van der Waals surface area (Å²) in [5.74, 6) is -0.906. The topological polar surface area (TPSA) is 75.2 Å². The van der Waals surface area contributed by atoms with Crippen LogP contribution in [0.5, 0.6) is 0 Å². The van der Waals surface area contributed by atoms with Gasteiger partial charge >= 0.3 is 0 Å². The van der Waals surface area contributed by atoms with Crippen LogP contribution in [-0.4, -0.2) is 45.3 Å². The van der Waals surface area contributed by atoms with Crippen molar-refractivity contribution in [3.8, 4) is 0 Å². The van der Waals surface area contributed by atoms with Crippen LogP contribution in [0.3, 0.4) is 0 Å². The third-order valence-electron chi connectivity index (χ3n) is 4.68. The molecule has 1 aromatic carbocycles. The standard InChI is InChI=1S/C19H23FN4O2S2/c1-3-12(2)27-19-23-22-18(28-19)21-17(26)14-10-16(25)24(11-14)9-8-13-4-6-15(20)7-5-13/h4-7,12,14H,3,8-11H2,1-2H3,(H,21,22,26)/t12-,14-/m0/s1. The lowest BCUT2D eigenvalue weighted by atomic mass is 10.1. The minimum absolute atomic E-state index is 0.0347. The van der Waals surface area contributed by atoms with Crippen LogP contribution < -0.4 is 5.32 Å². The summed E-state index contributed by atoms with van der Waals surface area (Å²) in [6, 6.07) is 6.25. The van der Waals surface area contributed by atoms with Crippen LogP contribution in [0.2, 0.25) is 0 Å². The Morgan fingerprint density at radius 1 is 1.39 bits per heavy atom. The number of hydrogen-bond donors (Lipinski definition) is 1. The fourth-order valence-electron chi connectivity index (χ4n) is 2.85. The Kier molecular flexibility index (Phi) is 7.01. The molecule has 1 N–H and O–H groups in total. The van der Waals surface area contributed by atoms with E-state index < -0.39 is 5.92 Å². The quantitative estimate of drug-likeness (QED) is 0.520. The molecule has 6 nitrogen and oxygen atoms in total. The molecule has 9 heteroatoms. The van der Waals surface area contributed by atoms with E-state index >= 15 is 0 Å². The predicted octanol–water partition coefficient (Wildman–Crippen LogP) is 3.60. The number of likely N-dealkylation sites (tertiary alicyclic amines) is 1. The number of benzene rings is 1. The summed E-state index contributed by atoms with van der Waals surface area (Å²) in [5, 5.41) is 11.8. The Labute approximate surface area is 171 Å². The average Bonchev–Trinajstić information content (AvgIpc) is 3.27. The second-order valence-electron chi connectivity index (χ2n) is 6.82. The average molecular weight is 423 g/mol. The molecule has 0 bridgehead atoms. The molecule has 0 aliphatic carbocycles. The Morgan fingerprint density at radius 2 is 2.14 bits per heavy atom. The number of nitrogens with one attached hydrogen (secondary N) is 1. The number of halogens is 1. The number of thioether (sulfide) groups is 1. The Morgan fingerprint density at radius 3 is 2.86 bits per heavy atom. The molecule has 0 radical (unpaired) electrons. The predicted molar refractivity (Wildman–Crippen MR) is 109 cm³/mol. The van der Waals surface area contributed by atoms with E-state index in [2.05, 4.69) is 29.4 Å². The highest BCUT2D eigenvalue weighted by molar-refractivity contribution is 8.01. The lowest BCUT2D eigenvalue weighted by Gasteiger charge is -2.16. The van der Waals surface area contributed by atoms with E-state index in [0.29, 0.717) is 29.9 Å². The van der Waals surface area contributed by atoms with Gasteiger partial charge in [0.15, 0.2) is 4.34 Å². The maximum atomic E-state index is 13.0. The Hall–Kier alpha value is -2.00. The van der Waals surface area contributed by atoms with Gasteiger partial charge in [0.25, 0.3) is 0 Å². The lowest BCUT2D eigenvalue weighted by molar-refractivity contribution is -0.128. The second-order valence-corrected chi connectivity index (χ2v) is 9.48. The highest BCUT2D eigenvalue weighted by Crippen LogP contribution is 2.30. The smallest absolute Gasteiger partial charge is 0.231 e. The second kappa shape index (κ2) is 9.47. The molecule has 0 saturated carbocycles. The molecule has 1 fully saturated rings. The number of anilines is 1. The van der Waals surface area contributed by atoms with E-state index in [4.69, 9.17) is 0 Å². The van der Waals surface area contributed by atoms with Crippen molar-refractivity contribution in [2.75, 3.05) is 18.4 Å². The molecule has 2 atom stereocenters. The van der Waals surface area contributed by atoms with E-state index in [1.807, 2.05) is 0 Å². The zero-order valence-corrected chi connectivity index (χ0v) is 17.5. The van der Waals surface area contributed by atoms with Crippen molar-refractivity contribution in [3.63, 3.8) is 0 Å². The van der Waals surface area contributed by atoms with Crippen molar-refractivity contribution in [2.24, 2.45) is 5.92 Å². The number of carbonyl (C=O) groups excluding carboxylic acids is 2. The van der Waals surface area contributed by atoms with Gasteiger partial charge in [-0.15, -0.1) is 10.2 Å². The van der Waals surface area contributed by atoms with Gasteiger partial charge in [-0.05, 0) is 30.5 Å². The number of nitrogens with zero attached hydrogens (tertiary/aromatic N) is 3. The normalized spacial score (nSPS) is 17.8. The van der Waals surface area contributed by atoms with Crippen molar-refractivity contribution in [3.05, 3.63) is 35.6 Å². The number of rotatable bonds is 8. The zero-order valence-electron chi connectivity index (χ0n) is 15.9. The molecule has 2 heterocycles. The van der Waals surface area contributed by atoms with E-state index in [1.165, 1.54) is 23.5 Å². The molecule has 28 heavy (non-hydrogen) atoms. The van der Waals surface area contributed by atoms with E-state index in [9.17, 15) is 14.0 Å². The van der Waals surface area contributed by atoms with Gasteiger partial charge in [-0.1, -0.05) is 49.1 Å². The first-order chi connectivity index (χ1) is 13.4. The van der Waals surface area contributed by atoms with Gasteiger partial charge in [0.1, 0.15) is 5.82 Å². The van der Waals surface area contributed by atoms with E-state index in [0.717, 1.165) is 16.3 Å². The summed E-state index contributed by atoms with van der Waals surface area (Å²) in [4.78, 5) is 26.4. The van der Waals surface area contributed by atoms with Crippen LogP contribution in [0.25, 0.3) is 0 Å². The Balaban J connectivity index is 1.50. The molecule has 0 unspecified atom stereocenters.